The molecular formula is C18H22N2O. The number of fused-ring (bicyclic) bond motifs is 1. The molecule has 0 bridgehead atoms. The van der Waals surface area contributed by atoms with Crippen molar-refractivity contribution in [2.45, 2.75) is 24.9 Å². The quantitative estimate of drug-likeness (QED) is 0.883. The Bertz CT molecular complexity index is 612. The van der Waals surface area contributed by atoms with E-state index in [1.165, 1.54) is 22.4 Å². The average molecular weight is 282 g/mol. The normalized spacial score (nSPS) is 20.3. The topological polar surface area (TPSA) is 47.3 Å². The Morgan fingerprint density at radius 3 is 2.62 bits per heavy atom. The molecule has 0 aliphatic heterocycles. The highest BCUT2D eigenvalue weighted by Gasteiger charge is 2.28. The average Bonchev–Trinajstić information content (AvgIpc) is 2.83. The number of hydrogen-bond donors (Lipinski definition) is 2. The minimum absolute atomic E-state index is 0.129. The maximum absolute atomic E-state index is 6.25. The molecule has 3 N–H and O–H groups in total. The van der Waals surface area contributed by atoms with Gasteiger partial charge in [0, 0.05) is 18.8 Å². The zero-order valence-corrected chi connectivity index (χ0v) is 12.4. The summed E-state index contributed by atoms with van der Waals surface area (Å²) in [5.74, 6) is 0. The molecule has 2 aromatic carbocycles. The molecule has 2 unspecified atom stereocenters. The van der Waals surface area contributed by atoms with E-state index in [2.05, 4.69) is 53.8 Å². The molecule has 3 heteroatoms. The van der Waals surface area contributed by atoms with Crippen LogP contribution >= 0.6 is 0 Å². The van der Waals surface area contributed by atoms with Gasteiger partial charge in [0.25, 0.3) is 0 Å². The van der Waals surface area contributed by atoms with Crippen LogP contribution in [0.25, 0.3) is 0 Å². The monoisotopic (exact) mass is 282 g/mol. The summed E-state index contributed by atoms with van der Waals surface area (Å²) in [5.41, 5.74) is 11.3. The molecule has 0 amide bonds. The fourth-order valence-electron chi connectivity index (χ4n) is 3.09. The third kappa shape index (κ3) is 2.94. The number of hydrogen-bond acceptors (Lipinski definition) is 3. The summed E-state index contributed by atoms with van der Waals surface area (Å²) in [6.45, 7) is 0.736. The Labute approximate surface area is 126 Å². The van der Waals surface area contributed by atoms with Gasteiger partial charge in [-0.1, -0.05) is 42.5 Å². The van der Waals surface area contributed by atoms with Crippen LogP contribution in [0.2, 0.25) is 0 Å². The van der Waals surface area contributed by atoms with Gasteiger partial charge in [0.05, 0.1) is 12.6 Å². The molecule has 1 aliphatic carbocycles. The van der Waals surface area contributed by atoms with Crippen molar-refractivity contribution in [1.82, 2.24) is 0 Å². The Hall–Kier alpha value is -1.84. The van der Waals surface area contributed by atoms with Crippen molar-refractivity contribution in [2.75, 3.05) is 19.0 Å². The lowest BCUT2D eigenvalue weighted by Gasteiger charge is -2.18. The summed E-state index contributed by atoms with van der Waals surface area (Å²) in [6.07, 6.45) is 1.86. The van der Waals surface area contributed by atoms with E-state index in [-0.39, 0.29) is 6.04 Å². The maximum Gasteiger partial charge on any atom is 0.0535 e. The first-order valence-electron chi connectivity index (χ1n) is 7.47. The Morgan fingerprint density at radius 1 is 1.10 bits per heavy atom. The molecule has 1 aliphatic rings. The SMILES string of the molecule is COCCc1ccccc1NC1CC(N)c2ccccc21. The number of benzene rings is 2. The second-order valence-electron chi connectivity index (χ2n) is 5.57. The van der Waals surface area contributed by atoms with Crippen molar-refractivity contribution in [3.8, 4) is 0 Å². The summed E-state index contributed by atoms with van der Waals surface area (Å²) < 4.78 is 5.20. The summed E-state index contributed by atoms with van der Waals surface area (Å²) in [6, 6.07) is 17.3. The molecule has 0 saturated carbocycles. The fraction of sp³-hybridized carbons (Fsp3) is 0.333. The van der Waals surface area contributed by atoms with Crippen LogP contribution in [0.15, 0.2) is 48.5 Å². The third-order valence-corrected chi connectivity index (χ3v) is 4.18. The van der Waals surface area contributed by atoms with Gasteiger partial charge in [-0.25, -0.2) is 0 Å². The summed E-state index contributed by atoms with van der Waals surface area (Å²) in [4.78, 5) is 0. The van der Waals surface area contributed by atoms with E-state index in [4.69, 9.17) is 10.5 Å². The molecule has 0 fully saturated rings. The minimum Gasteiger partial charge on any atom is -0.384 e. The zero-order chi connectivity index (χ0) is 14.7. The van der Waals surface area contributed by atoms with Gasteiger partial charge in [0.2, 0.25) is 0 Å². The van der Waals surface area contributed by atoms with Crippen LogP contribution in [-0.2, 0) is 11.2 Å². The van der Waals surface area contributed by atoms with E-state index in [1.807, 2.05) is 0 Å². The van der Waals surface area contributed by atoms with E-state index < -0.39 is 0 Å². The van der Waals surface area contributed by atoms with Gasteiger partial charge in [-0.05, 0) is 35.6 Å². The van der Waals surface area contributed by atoms with E-state index in [0.717, 1.165) is 19.4 Å². The molecule has 3 nitrogen and oxygen atoms in total. The van der Waals surface area contributed by atoms with E-state index in [1.54, 1.807) is 7.11 Å². The summed E-state index contributed by atoms with van der Waals surface area (Å²) in [7, 11) is 1.74. The van der Waals surface area contributed by atoms with Crippen LogP contribution in [0, 0.1) is 0 Å². The highest BCUT2D eigenvalue weighted by Crippen LogP contribution is 2.39. The molecule has 0 aromatic heterocycles. The second kappa shape index (κ2) is 6.29. The highest BCUT2D eigenvalue weighted by molar-refractivity contribution is 5.54. The van der Waals surface area contributed by atoms with Crippen LogP contribution in [0.5, 0.6) is 0 Å². The number of anilines is 1. The van der Waals surface area contributed by atoms with Gasteiger partial charge in [0.1, 0.15) is 0 Å². The van der Waals surface area contributed by atoms with Crippen LogP contribution in [0.3, 0.4) is 0 Å². The summed E-state index contributed by atoms with van der Waals surface area (Å²) >= 11 is 0. The Kier molecular flexibility index (Phi) is 4.23. The first-order valence-corrected chi connectivity index (χ1v) is 7.47. The van der Waals surface area contributed by atoms with Gasteiger partial charge in [0.15, 0.2) is 0 Å². The van der Waals surface area contributed by atoms with Crippen molar-refractivity contribution < 1.29 is 4.74 Å². The second-order valence-corrected chi connectivity index (χ2v) is 5.57. The van der Waals surface area contributed by atoms with Crippen molar-refractivity contribution in [2.24, 2.45) is 5.73 Å². The largest absolute Gasteiger partial charge is 0.384 e. The van der Waals surface area contributed by atoms with Crippen molar-refractivity contribution >= 4 is 5.69 Å². The predicted molar refractivity (Wildman–Crippen MR) is 86.4 cm³/mol. The molecule has 2 aromatic rings. The van der Waals surface area contributed by atoms with Crippen LogP contribution < -0.4 is 11.1 Å². The lowest BCUT2D eigenvalue weighted by molar-refractivity contribution is 0.202. The standard InChI is InChI=1S/C18H22N2O/c1-21-11-10-13-6-2-5-9-17(13)20-18-12-16(19)14-7-3-4-8-15(14)18/h2-9,16,18,20H,10-12,19H2,1H3. The lowest BCUT2D eigenvalue weighted by Crippen LogP contribution is -2.11. The maximum atomic E-state index is 6.25. The van der Waals surface area contributed by atoms with Crippen LogP contribution in [-0.4, -0.2) is 13.7 Å². The van der Waals surface area contributed by atoms with Crippen molar-refractivity contribution in [3.05, 3.63) is 65.2 Å². The van der Waals surface area contributed by atoms with Gasteiger partial charge in [-0.3, -0.25) is 0 Å². The first kappa shape index (κ1) is 14.1. The van der Waals surface area contributed by atoms with Gasteiger partial charge < -0.3 is 15.8 Å². The lowest BCUT2D eigenvalue weighted by atomic mass is 10.1. The van der Waals surface area contributed by atoms with Gasteiger partial charge in [-0.2, -0.15) is 0 Å². The number of rotatable bonds is 5. The van der Waals surface area contributed by atoms with Gasteiger partial charge in [-0.15, -0.1) is 0 Å². The molecule has 21 heavy (non-hydrogen) atoms. The van der Waals surface area contributed by atoms with E-state index in [0.29, 0.717) is 6.04 Å². The molecule has 0 spiro atoms. The number of nitrogens with one attached hydrogen (secondary N) is 1. The van der Waals surface area contributed by atoms with Crippen LogP contribution in [0.4, 0.5) is 5.69 Å². The minimum atomic E-state index is 0.129. The first-order chi connectivity index (χ1) is 10.3. The van der Waals surface area contributed by atoms with Crippen molar-refractivity contribution in [1.29, 1.82) is 0 Å². The molecule has 0 saturated heterocycles. The summed E-state index contributed by atoms with van der Waals surface area (Å²) in [5, 5.41) is 3.67. The predicted octanol–water partition coefficient (Wildman–Crippen LogP) is 3.43. The smallest absolute Gasteiger partial charge is 0.0535 e. The highest BCUT2D eigenvalue weighted by atomic mass is 16.5. The Balaban J connectivity index is 1.82. The molecule has 2 atom stereocenters. The third-order valence-electron chi connectivity index (χ3n) is 4.18. The zero-order valence-electron chi connectivity index (χ0n) is 12.4. The fourth-order valence-corrected chi connectivity index (χ4v) is 3.09. The van der Waals surface area contributed by atoms with Crippen LogP contribution in [0.1, 0.15) is 35.2 Å². The molecular weight excluding hydrogens is 260 g/mol. The number of methoxy groups -OCH3 is 1. The number of para-hydroxylation sites is 1. The molecule has 0 radical (unpaired) electrons. The molecule has 110 valence electrons. The number of nitrogens with two attached hydrogens (primary N) is 1. The van der Waals surface area contributed by atoms with E-state index in [9.17, 15) is 0 Å². The Morgan fingerprint density at radius 2 is 1.81 bits per heavy atom. The van der Waals surface area contributed by atoms with E-state index >= 15 is 0 Å². The molecule has 0 heterocycles. The molecule has 3 rings (SSSR count). The van der Waals surface area contributed by atoms with Gasteiger partial charge >= 0.3 is 0 Å². The van der Waals surface area contributed by atoms with Crippen molar-refractivity contribution in [3.63, 3.8) is 0 Å². The number of ether oxygens (including phenoxy) is 1.